The van der Waals surface area contributed by atoms with Gasteiger partial charge in [0.2, 0.25) is 0 Å². The van der Waals surface area contributed by atoms with Crippen molar-refractivity contribution in [3.63, 3.8) is 0 Å². The normalized spacial score (nSPS) is 19.2. The molecule has 1 atom stereocenters. The van der Waals surface area contributed by atoms with Crippen molar-refractivity contribution < 1.29 is 0 Å². The molecule has 0 radical (unpaired) electrons. The lowest BCUT2D eigenvalue weighted by molar-refractivity contribution is 0.621. The molecule has 1 aromatic carbocycles. The van der Waals surface area contributed by atoms with Gasteiger partial charge in [-0.2, -0.15) is 0 Å². The topological polar surface area (TPSA) is 24.4 Å². The summed E-state index contributed by atoms with van der Waals surface area (Å²) in [4.78, 5) is 4.59. The number of anilines is 1. The van der Waals surface area contributed by atoms with Crippen molar-refractivity contribution in [1.29, 1.82) is 0 Å². The van der Waals surface area contributed by atoms with Crippen LogP contribution in [0, 0.1) is 5.92 Å². The van der Waals surface area contributed by atoms with E-state index in [9.17, 15) is 0 Å². The summed E-state index contributed by atoms with van der Waals surface area (Å²) in [6, 6.07) is 6.36. The van der Waals surface area contributed by atoms with Gasteiger partial charge in [0.05, 0.1) is 6.54 Å². The van der Waals surface area contributed by atoms with Crippen LogP contribution in [0.3, 0.4) is 0 Å². The fourth-order valence-electron chi connectivity index (χ4n) is 1.90. The fraction of sp³-hybridized carbons (Fsp3) is 0.500. The van der Waals surface area contributed by atoms with Gasteiger partial charge in [0.15, 0.2) is 5.17 Å². The molecule has 1 aliphatic rings. The van der Waals surface area contributed by atoms with Gasteiger partial charge in [-0.05, 0) is 36.1 Å². The van der Waals surface area contributed by atoms with E-state index in [-0.39, 0.29) is 0 Å². The van der Waals surface area contributed by atoms with Crippen LogP contribution in [0.15, 0.2) is 27.7 Å². The molecule has 0 amide bonds. The highest BCUT2D eigenvalue weighted by Crippen LogP contribution is 2.29. The molecule has 2 rings (SSSR count). The fourth-order valence-corrected chi connectivity index (χ4v) is 3.33. The average molecular weight is 327 g/mol. The van der Waals surface area contributed by atoms with E-state index >= 15 is 0 Å². The predicted octanol–water partition coefficient (Wildman–Crippen LogP) is 4.55. The summed E-state index contributed by atoms with van der Waals surface area (Å²) < 4.78 is 1.13. The molecule has 4 heteroatoms. The van der Waals surface area contributed by atoms with Crippen molar-refractivity contribution in [2.45, 2.75) is 32.4 Å². The van der Waals surface area contributed by atoms with E-state index in [1.54, 1.807) is 0 Å². The lowest BCUT2D eigenvalue weighted by atomic mass is 10.1. The second kappa shape index (κ2) is 6.11. The molecule has 1 aromatic rings. The molecule has 1 unspecified atom stereocenters. The van der Waals surface area contributed by atoms with Crippen molar-refractivity contribution in [2.75, 3.05) is 11.9 Å². The summed E-state index contributed by atoms with van der Waals surface area (Å²) in [7, 11) is 0. The zero-order valence-corrected chi connectivity index (χ0v) is 13.4. The lowest BCUT2D eigenvalue weighted by Crippen LogP contribution is -2.13. The number of thioether (sulfide) groups is 1. The molecule has 0 aliphatic carbocycles. The van der Waals surface area contributed by atoms with Crippen molar-refractivity contribution in [3.05, 3.63) is 28.2 Å². The van der Waals surface area contributed by atoms with Crippen molar-refractivity contribution in [2.24, 2.45) is 10.9 Å². The van der Waals surface area contributed by atoms with Crippen LogP contribution in [-0.2, 0) is 6.42 Å². The first-order chi connectivity index (χ1) is 8.60. The van der Waals surface area contributed by atoms with E-state index in [1.165, 1.54) is 11.3 Å². The summed E-state index contributed by atoms with van der Waals surface area (Å²) in [5, 5.41) is 5.14. The number of nitrogens with one attached hydrogen (secondary N) is 1. The molecule has 0 saturated carbocycles. The summed E-state index contributed by atoms with van der Waals surface area (Å²) in [6.07, 6.45) is 1.02. The zero-order valence-electron chi connectivity index (χ0n) is 11.0. The summed E-state index contributed by atoms with van der Waals surface area (Å²) in [5.41, 5.74) is 2.50. The number of benzene rings is 1. The zero-order chi connectivity index (χ0) is 13.1. The first-order valence-corrected chi connectivity index (χ1v) is 8.04. The van der Waals surface area contributed by atoms with E-state index in [1.807, 2.05) is 11.8 Å². The Kier molecular flexibility index (Phi) is 4.73. The third-order valence-corrected chi connectivity index (χ3v) is 5.06. The van der Waals surface area contributed by atoms with Crippen LogP contribution < -0.4 is 5.32 Å². The molecular weight excluding hydrogens is 308 g/mol. The smallest absolute Gasteiger partial charge is 0.161 e. The SMILES string of the molecule is CCc1cc(Br)ccc1NC1=NCC(C(C)C)S1. The number of halogens is 1. The molecule has 2 nitrogen and oxygen atoms in total. The Labute approximate surface area is 122 Å². The molecule has 18 heavy (non-hydrogen) atoms. The van der Waals surface area contributed by atoms with Crippen molar-refractivity contribution in [1.82, 2.24) is 0 Å². The number of aliphatic imine (C=N–C) groups is 1. The molecule has 1 aliphatic heterocycles. The van der Waals surface area contributed by atoms with E-state index in [0.717, 1.165) is 22.6 Å². The minimum absolute atomic E-state index is 0.619. The molecule has 1 heterocycles. The first kappa shape index (κ1) is 13.9. The van der Waals surface area contributed by atoms with E-state index < -0.39 is 0 Å². The maximum absolute atomic E-state index is 4.59. The number of rotatable bonds is 3. The third-order valence-electron chi connectivity index (χ3n) is 3.11. The Hall–Kier alpha value is -0.480. The molecule has 98 valence electrons. The number of amidine groups is 1. The quantitative estimate of drug-likeness (QED) is 0.881. The largest absolute Gasteiger partial charge is 0.335 e. The van der Waals surface area contributed by atoms with Crippen LogP contribution in [0.4, 0.5) is 5.69 Å². The van der Waals surface area contributed by atoms with Crippen molar-refractivity contribution >= 4 is 38.5 Å². The number of aryl methyl sites for hydroxylation is 1. The monoisotopic (exact) mass is 326 g/mol. The van der Waals surface area contributed by atoms with Gasteiger partial charge >= 0.3 is 0 Å². The van der Waals surface area contributed by atoms with E-state index in [4.69, 9.17) is 0 Å². The molecule has 0 saturated heterocycles. The minimum atomic E-state index is 0.619. The van der Waals surface area contributed by atoms with Crippen LogP contribution in [0.5, 0.6) is 0 Å². The Morgan fingerprint density at radius 2 is 2.28 bits per heavy atom. The van der Waals surface area contributed by atoms with Gasteiger partial charge in [0.1, 0.15) is 0 Å². The van der Waals surface area contributed by atoms with Crippen LogP contribution >= 0.6 is 27.7 Å². The lowest BCUT2D eigenvalue weighted by Gasteiger charge is -2.14. The average Bonchev–Trinajstić information content (AvgIpc) is 2.80. The molecule has 0 bridgehead atoms. The van der Waals surface area contributed by atoms with Crippen LogP contribution in [0.2, 0.25) is 0 Å². The summed E-state index contributed by atoms with van der Waals surface area (Å²) >= 11 is 5.38. The van der Waals surface area contributed by atoms with Crippen LogP contribution in [0.1, 0.15) is 26.3 Å². The van der Waals surface area contributed by atoms with Gasteiger partial charge in [-0.15, -0.1) is 0 Å². The van der Waals surface area contributed by atoms with Gasteiger partial charge in [0, 0.05) is 15.4 Å². The van der Waals surface area contributed by atoms with Crippen molar-refractivity contribution in [3.8, 4) is 0 Å². The maximum Gasteiger partial charge on any atom is 0.161 e. The number of hydrogen-bond acceptors (Lipinski definition) is 3. The Morgan fingerprint density at radius 1 is 1.50 bits per heavy atom. The Morgan fingerprint density at radius 3 is 2.89 bits per heavy atom. The van der Waals surface area contributed by atoms with Gasteiger partial charge < -0.3 is 5.32 Å². The standard InChI is InChI=1S/C14H19BrN2S/c1-4-10-7-11(15)5-6-12(10)17-14-16-8-13(18-14)9(2)3/h5-7,9,13H,4,8H2,1-3H3,(H,16,17). The second-order valence-electron chi connectivity index (χ2n) is 4.83. The molecule has 1 N–H and O–H groups in total. The number of hydrogen-bond donors (Lipinski definition) is 1. The maximum atomic E-state index is 4.59. The summed E-state index contributed by atoms with van der Waals surface area (Å²) in [5.74, 6) is 0.675. The highest BCUT2D eigenvalue weighted by Gasteiger charge is 2.22. The second-order valence-corrected chi connectivity index (χ2v) is 6.97. The first-order valence-electron chi connectivity index (χ1n) is 6.36. The molecule has 0 aromatic heterocycles. The van der Waals surface area contributed by atoms with Crippen LogP contribution in [0.25, 0.3) is 0 Å². The van der Waals surface area contributed by atoms with Crippen LogP contribution in [-0.4, -0.2) is 17.0 Å². The third kappa shape index (κ3) is 3.29. The van der Waals surface area contributed by atoms with Gasteiger partial charge in [-0.3, -0.25) is 4.99 Å². The summed E-state index contributed by atoms with van der Waals surface area (Å²) in [6.45, 7) is 7.62. The van der Waals surface area contributed by atoms with E-state index in [2.05, 4.69) is 65.2 Å². The number of nitrogens with zero attached hydrogens (tertiary/aromatic N) is 1. The molecule has 0 spiro atoms. The molecular formula is C14H19BrN2S. The van der Waals surface area contributed by atoms with E-state index in [0.29, 0.717) is 11.2 Å². The highest BCUT2D eigenvalue weighted by molar-refractivity contribution is 9.10. The van der Waals surface area contributed by atoms with Gasteiger partial charge in [-0.1, -0.05) is 48.5 Å². The molecule has 0 fully saturated rings. The highest BCUT2D eigenvalue weighted by atomic mass is 79.9. The van der Waals surface area contributed by atoms with Gasteiger partial charge in [0.25, 0.3) is 0 Å². The Bertz CT molecular complexity index is 457. The Balaban J connectivity index is 2.07. The predicted molar refractivity (Wildman–Crippen MR) is 85.7 cm³/mol. The minimum Gasteiger partial charge on any atom is -0.335 e. The van der Waals surface area contributed by atoms with Gasteiger partial charge in [-0.25, -0.2) is 0 Å².